The number of rotatable bonds is 4. The van der Waals surface area contributed by atoms with Gasteiger partial charge in [-0.05, 0) is 56.5 Å². The molecule has 176 valence electrons. The van der Waals surface area contributed by atoms with Crippen LogP contribution >= 0.6 is 0 Å². The Labute approximate surface area is 198 Å². The van der Waals surface area contributed by atoms with Crippen LogP contribution in [0.15, 0.2) is 47.5 Å². The number of hydrogen-bond acceptors (Lipinski definition) is 6. The topological polar surface area (TPSA) is 105 Å². The number of aryl methyl sites for hydroxylation is 1. The molecule has 0 radical (unpaired) electrons. The summed E-state index contributed by atoms with van der Waals surface area (Å²) in [5.41, 5.74) is 8.26. The summed E-state index contributed by atoms with van der Waals surface area (Å²) in [7, 11) is 0. The monoisotopic (exact) mass is 473 g/mol. The molecular formula is C25H21F2N7O. The Morgan fingerprint density at radius 2 is 1.91 bits per heavy atom. The fraction of sp³-hybridized carbons (Fsp3) is 0.240. The second-order valence-corrected chi connectivity index (χ2v) is 8.93. The smallest absolute Gasteiger partial charge is 0.261 e. The van der Waals surface area contributed by atoms with E-state index in [1.807, 2.05) is 6.92 Å². The number of fused-ring (bicyclic) bond motifs is 2. The van der Waals surface area contributed by atoms with Crippen LogP contribution in [0.3, 0.4) is 0 Å². The van der Waals surface area contributed by atoms with E-state index in [1.54, 1.807) is 28.3 Å². The fourth-order valence-corrected chi connectivity index (χ4v) is 4.49. The summed E-state index contributed by atoms with van der Waals surface area (Å²) in [4.78, 5) is 26.6. The molecule has 10 heteroatoms. The average Bonchev–Trinajstić information content (AvgIpc) is 3.60. The van der Waals surface area contributed by atoms with Crippen LogP contribution in [0.25, 0.3) is 33.2 Å². The van der Waals surface area contributed by atoms with Gasteiger partial charge in [0, 0.05) is 11.6 Å². The maximum absolute atomic E-state index is 14.4. The highest BCUT2D eigenvalue weighted by molar-refractivity contribution is 5.98. The zero-order chi connectivity index (χ0) is 24.4. The molecule has 35 heavy (non-hydrogen) atoms. The van der Waals surface area contributed by atoms with Crippen molar-refractivity contribution in [3.8, 4) is 11.3 Å². The minimum Gasteiger partial charge on any atom is -0.383 e. The minimum atomic E-state index is -0.529. The standard InChI is InChI=1S/C25H21F2N7O/c1-12-3-4-14(9-18(12)27)21-20-22(28)29-11-30-24(20)34(32-21)13(2)23-31-19-8-5-15(26)10-17(19)25(35)33(23)16-6-7-16/h3-5,8-11,13,16H,6-7H2,1-2H3,(H2,28,29,30). The van der Waals surface area contributed by atoms with Gasteiger partial charge in [0.1, 0.15) is 41.3 Å². The highest BCUT2D eigenvalue weighted by Gasteiger charge is 2.32. The summed E-state index contributed by atoms with van der Waals surface area (Å²) in [5, 5.41) is 5.49. The van der Waals surface area contributed by atoms with Gasteiger partial charge < -0.3 is 5.73 Å². The second-order valence-electron chi connectivity index (χ2n) is 8.93. The Hall–Kier alpha value is -4.21. The Bertz CT molecular complexity index is 1700. The zero-order valence-electron chi connectivity index (χ0n) is 19.0. The van der Waals surface area contributed by atoms with Crippen molar-refractivity contribution in [2.45, 2.75) is 38.8 Å². The predicted octanol–water partition coefficient (Wildman–Crippen LogP) is 4.32. The Kier molecular flexibility index (Phi) is 4.67. The van der Waals surface area contributed by atoms with Gasteiger partial charge in [-0.2, -0.15) is 5.10 Å². The van der Waals surface area contributed by atoms with Crippen molar-refractivity contribution >= 4 is 27.8 Å². The number of nitrogens with two attached hydrogens (primary N) is 1. The van der Waals surface area contributed by atoms with Crippen LogP contribution in [-0.4, -0.2) is 29.3 Å². The second kappa shape index (κ2) is 7.66. The Balaban J connectivity index is 1.60. The van der Waals surface area contributed by atoms with Gasteiger partial charge in [0.05, 0.1) is 16.3 Å². The van der Waals surface area contributed by atoms with Crippen molar-refractivity contribution in [1.29, 1.82) is 0 Å². The van der Waals surface area contributed by atoms with E-state index in [0.717, 1.165) is 12.8 Å². The summed E-state index contributed by atoms with van der Waals surface area (Å²) in [6.07, 6.45) is 3.02. The molecule has 2 N–H and O–H groups in total. The van der Waals surface area contributed by atoms with Crippen molar-refractivity contribution in [3.63, 3.8) is 0 Å². The summed E-state index contributed by atoms with van der Waals surface area (Å²) in [6.45, 7) is 3.55. The van der Waals surface area contributed by atoms with E-state index in [1.165, 1.54) is 30.6 Å². The molecular weight excluding hydrogens is 452 g/mol. The van der Waals surface area contributed by atoms with Crippen LogP contribution in [-0.2, 0) is 0 Å². The molecule has 3 heterocycles. The number of nitrogens with zero attached hydrogens (tertiary/aromatic N) is 6. The van der Waals surface area contributed by atoms with Gasteiger partial charge in [-0.1, -0.05) is 12.1 Å². The first-order valence-corrected chi connectivity index (χ1v) is 11.3. The fourth-order valence-electron chi connectivity index (χ4n) is 4.49. The lowest BCUT2D eigenvalue weighted by molar-refractivity contribution is 0.502. The number of aromatic nitrogens is 6. The molecule has 1 fully saturated rings. The third-order valence-electron chi connectivity index (χ3n) is 6.51. The average molecular weight is 473 g/mol. The molecule has 1 atom stereocenters. The number of anilines is 1. The molecule has 2 aromatic carbocycles. The molecule has 8 nitrogen and oxygen atoms in total. The predicted molar refractivity (Wildman–Crippen MR) is 128 cm³/mol. The first kappa shape index (κ1) is 21.3. The Morgan fingerprint density at radius 3 is 2.66 bits per heavy atom. The van der Waals surface area contributed by atoms with Gasteiger partial charge in [0.2, 0.25) is 0 Å². The number of nitrogen functional groups attached to an aromatic ring is 1. The zero-order valence-corrected chi connectivity index (χ0v) is 19.0. The first-order valence-electron chi connectivity index (χ1n) is 11.3. The SMILES string of the molecule is Cc1ccc(-c2nn(C(C)c3nc4ccc(F)cc4c(=O)n3C3CC3)c3ncnc(N)c23)cc1F. The molecule has 1 saturated carbocycles. The highest BCUT2D eigenvalue weighted by atomic mass is 19.1. The molecule has 6 rings (SSSR count). The molecule has 1 unspecified atom stereocenters. The molecule has 0 aliphatic heterocycles. The minimum absolute atomic E-state index is 0.00713. The molecule has 3 aromatic heterocycles. The number of benzene rings is 2. The highest BCUT2D eigenvalue weighted by Crippen LogP contribution is 2.38. The lowest BCUT2D eigenvalue weighted by Crippen LogP contribution is -2.28. The van der Waals surface area contributed by atoms with Gasteiger partial charge in [0.25, 0.3) is 5.56 Å². The van der Waals surface area contributed by atoms with Gasteiger partial charge in [0.15, 0.2) is 5.65 Å². The summed E-state index contributed by atoms with van der Waals surface area (Å²) in [6, 6.07) is 8.32. The van der Waals surface area contributed by atoms with Crippen LogP contribution in [0.5, 0.6) is 0 Å². The third-order valence-corrected chi connectivity index (χ3v) is 6.51. The molecule has 1 aliphatic carbocycles. The van der Waals surface area contributed by atoms with Crippen LogP contribution in [0, 0.1) is 18.6 Å². The van der Waals surface area contributed by atoms with E-state index in [-0.39, 0.29) is 28.6 Å². The number of hydrogen-bond donors (Lipinski definition) is 1. The van der Waals surface area contributed by atoms with E-state index >= 15 is 0 Å². The van der Waals surface area contributed by atoms with Crippen LogP contribution in [0.2, 0.25) is 0 Å². The third kappa shape index (κ3) is 3.36. The molecule has 0 amide bonds. The van der Waals surface area contributed by atoms with Crippen LogP contribution in [0.1, 0.15) is 43.2 Å². The largest absolute Gasteiger partial charge is 0.383 e. The van der Waals surface area contributed by atoms with Crippen LogP contribution in [0.4, 0.5) is 14.6 Å². The van der Waals surface area contributed by atoms with E-state index in [2.05, 4.69) is 9.97 Å². The lowest BCUT2D eigenvalue weighted by atomic mass is 10.1. The normalized spacial score (nSPS) is 14.6. The summed E-state index contributed by atoms with van der Waals surface area (Å²) in [5.74, 6) is -0.148. The van der Waals surface area contributed by atoms with Crippen LogP contribution < -0.4 is 11.3 Å². The molecule has 0 spiro atoms. The van der Waals surface area contributed by atoms with Crippen molar-refractivity contribution < 1.29 is 8.78 Å². The van der Waals surface area contributed by atoms with Crippen molar-refractivity contribution in [2.75, 3.05) is 5.73 Å². The lowest BCUT2D eigenvalue weighted by Gasteiger charge is -2.19. The van der Waals surface area contributed by atoms with E-state index in [9.17, 15) is 13.6 Å². The maximum Gasteiger partial charge on any atom is 0.261 e. The van der Waals surface area contributed by atoms with E-state index in [4.69, 9.17) is 15.8 Å². The van der Waals surface area contributed by atoms with Crippen molar-refractivity contribution in [2.24, 2.45) is 0 Å². The summed E-state index contributed by atoms with van der Waals surface area (Å²) < 4.78 is 31.5. The Morgan fingerprint density at radius 1 is 1.11 bits per heavy atom. The molecule has 0 bridgehead atoms. The molecule has 5 aromatic rings. The molecule has 1 aliphatic rings. The van der Waals surface area contributed by atoms with Crippen molar-refractivity contribution in [1.82, 2.24) is 29.3 Å². The van der Waals surface area contributed by atoms with E-state index < -0.39 is 11.9 Å². The first-order chi connectivity index (χ1) is 16.8. The van der Waals surface area contributed by atoms with E-state index in [0.29, 0.717) is 39.2 Å². The van der Waals surface area contributed by atoms with Gasteiger partial charge in [-0.25, -0.2) is 28.4 Å². The van der Waals surface area contributed by atoms with Gasteiger partial charge >= 0.3 is 0 Å². The van der Waals surface area contributed by atoms with Crippen molar-refractivity contribution in [3.05, 3.63) is 76.1 Å². The molecule has 0 saturated heterocycles. The quantitative estimate of drug-likeness (QED) is 0.417. The maximum atomic E-state index is 14.4. The van der Waals surface area contributed by atoms with Gasteiger partial charge in [-0.15, -0.1) is 0 Å². The number of halogens is 2. The summed E-state index contributed by atoms with van der Waals surface area (Å²) >= 11 is 0. The van der Waals surface area contributed by atoms with Gasteiger partial charge in [-0.3, -0.25) is 9.36 Å².